The van der Waals surface area contributed by atoms with E-state index in [1.165, 1.54) is 11.2 Å². The normalized spacial score (nSPS) is 12.1. The number of hydrogen-bond acceptors (Lipinski definition) is 4. The van der Waals surface area contributed by atoms with Crippen LogP contribution in [-0.4, -0.2) is 38.1 Å². The fourth-order valence-electron chi connectivity index (χ4n) is 1.70. The summed E-state index contributed by atoms with van der Waals surface area (Å²) in [6, 6.07) is 6.68. The van der Waals surface area contributed by atoms with Gasteiger partial charge in [0, 0.05) is 12.6 Å². The number of hydrogen-bond donors (Lipinski definition) is 2. The van der Waals surface area contributed by atoms with Crippen molar-refractivity contribution < 1.29 is 9.90 Å². The fourth-order valence-corrected chi connectivity index (χ4v) is 1.70. The number of aromatic nitrogens is 3. The minimum atomic E-state index is -0.275. The van der Waals surface area contributed by atoms with E-state index in [2.05, 4.69) is 15.2 Å². The number of H-pyrrole nitrogens is 1. The predicted molar refractivity (Wildman–Crippen MR) is 65.0 cm³/mol. The van der Waals surface area contributed by atoms with Crippen molar-refractivity contribution in [2.75, 3.05) is 7.05 Å². The Morgan fingerprint density at radius 2 is 2.17 bits per heavy atom. The molecular formula is C12H14N4O2. The third-order valence-electron chi connectivity index (χ3n) is 2.91. The average molecular weight is 246 g/mol. The maximum atomic E-state index is 12.0. The molecule has 1 aromatic carbocycles. The Balaban J connectivity index is 2.22. The first-order chi connectivity index (χ1) is 8.61. The SMILES string of the molecule is CC(c1ccccc1O)N(C)C(=O)c1ncn[nH]1. The standard InChI is InChI=1S/C12H14N4O2/c1-8(9-5-3-4-6-10(9)17)16(2)12(18)11-13-7-14-15-11/h3-8,17H,1-2H3,(H,13,14,15). The Kier molecular flexibility index (Phi) is 3.27. The van der Waals surface area contributed by atoms with Gasteiger partial charge in [-0.2, -0.15) is 5.10 Å². The smallest absolute Gasteiger partial charge is 0.291 e. The van der Waals surface area contributed by atoms with Crippen LogP contribution in [0.25, 0.3) is 0 Å². The van der Waals surface area contributed by atoms with Crippen molar-refractivity contribution in [2.45, 2.75) is 13.0 Å². The van der Waals surface area contributed by atoms with E-state index in [9.17, 15) is 9.90 Å². The lowest BCUT2D eigenvalue weighted by Crippen LogP contribution is -2.30. The van der Waals surface area contributed by atoms with Gasteiger partial charge in [-0.25, -0.2) is 4.98 Å². The second-order valence-corrected chi connectivity index (χ2v) is 3.98. The van der Waals surface area contributed by atoms with Crippen molar-refractivity contribution in [3.05, 3.63) is 42.0 Å². The van der Waals surface area contributed by atoms with Gasteiger partial charge in [-0.3, -0.25) is 9.89 Å². The van der Waals surface area contributed by atoms with Crippen molar-refractivity contribution >= 4 is 5.91 Å². The zero-order valence-electron chi connectivity index (χ0n) is 10.2. The van der Waals surface area contributed by atoms with Crippen LogP contribution in [0.1, 0.15) is 29.1 Å². The molecular weight excluding hydrogens is 232 g/mol. The van der Waals surface area contributed by atoms with Crippen LogP contribution in [0.3, 0.4) is 0 Å². The van der Waals surface area contributed by atoms with E-state index in [4.69, 9.17) is 0 Å². The molecule has 1 amide bonds. The van der Waals surface area contributed by atoms with Gasteiger partial charge in [-0.1, -0.05) is 18.2 Å². The quantitative estimate of drug-likeness (QED) is 0.856. The lowest BCUT2D eigenvalue weighted by Gasteiger charge is -2.24. The molecule has 94 valence electrons. The number of aromatic hydroxyl groups is 1. The summed E-state index contributed by atoms with van der Waals surface area (Å²) >= 11 is 0. The topological polar surface area (TPSA) is 82.1 Å². The van der Waals surface area contributed by atoms with Gasteiger partial charge < -0.3 is 10.0 Å². The Morgan fingerprint density at radius 1 is 1.44 bits per heavy atom. The van der Waals surface area contributed by atoms with Gasteiger partial charge in [0.1, 0.15) is 12.1 Å². The van der Waals surface area contributed by atoms with E-state index >= 15 is 0 Å². The van der Waals surface area contributed by atoms with Crippen molar-refractivity contribution in [2.24, 2.45) is 0 Å². The second kappa shape index (κ2) is 4.87. The highest BCUT2D eigenvalue weighted by Crippen LogP contribution is 2.27. The largest absolute Gasteiger partial charge is 0.508 e. The maximum Gasteiger partial charge on any atom is 0.291 e. The molecule has 0 saturated heterocycles. The molecule has 1 atom stereocenters. The minimum absolute atomic E-state index is 0.169. The number of rotatable bonds is 3. The number of nitrogens with zero attached hydrogens (tertiary/aromatic N) is 3. The van der Waals surface area contributed by atoms with Gasteiger partial charge in [0.25, 0.3) is 5.91 Å². The number of benzene rings is 1. The van der Waals surface area contributed by atoms with Gasteiger partial charge in [0.05, 0.1) is 6.04 Å². The third kappa shape index (κ3) is 2.17. The molecule has 0 saturated carbocycles. The van der Waals surface area contributed by atoms with Crippen LogP contribution in [0.4, 0.5) is 0 Å². The summed E-state index contributed by atoms with van der Waals surface area (Å²) in [5.74, 6) is 0.0743. The van der Waals surface area contributed by atoms with Crippen LogP contribution in [0.15, 0.2) is 30.6 Å². The Labute approximate surface area is 104 Å². The highest BCUT2D eigenvalue weighted by molar-refractivity contribution is 5.90. The van der Waals surface area contributed by atoms with Crippen LogP contribution in [0, 0.1) is 0 Å². The minimum Gasteiger partial charge on any atom is -0.508 e. The average Bonchev–Trinajstić information content (AvgIpc) is 2.90. The lowest BCUT2D eigenvalue weighted by molar-refractivity contribution is 0.0729. The molecule has 2 rings (SSSR count). The molecule has 1 heterocycles. The summed E-state index contributed by atoms with van der Waals surface area (Å²) in [5.41, 5.74) is 0.688. The van der Waals surface area contributed by atoms with Crippen LogP contribution < -0.4 is 0 Å². The number of para-hydroxylation sites is 1. The first-order valence-electron chi connectivity index (χ1n) is 5.51. The number of carbonyl (C=O) groups excluding carboxylic acids is 1. The van der Waals surface area contributed by atoms with Crippen LogP contribution >= 0.6 is 0 Å². The summed E-state index contributed by atoms with van der Waals surface area (Å²) < 4.78 is 0. The van der Waals surface area contributed by atoms with Gasteiger partial charge in [-0.05, 0) is 13.0 Å². The summed E-state index contributed by atoms with van der Waals surface area (Å²) in [7, 11) is 1.65. The molecule has 0 aliphatic carbocycles. The highest BCUT2D eigenvalue weighted by Gasteiger charge is 2.22. The number of carbonyl (C=O) groups is 1. The first-order valence-corrected chi connectivity index (χ1v) is 5.51. The molecule has 6 nitrogen and oxygen atoms in total. The number of aromatic amines is 1. The lowest BCUT2D eigenvalue weighted by atomic mass is 10.1. The highest BCUT2D eigenvalue weighted by atomic mass is 16.3. The molecule has 0 radical (unpaired) electrons. The molecule has 6 heteroatoms. The van der Waals surface area contributed by atoms with Gasteiger partial charge in [0.2, 0.25) is 5.82 Å². The van der Waals surface area contributed by atoms with E-state index in [-0.39, 0.29) is 23.5 Å². The number of phenolic OH excluding ortho intramolecular Hbond substituents is 1. The van der Waals surface area contributed by atoms with E-state index in [0.717, 1.165) is 0 Å². The van der Waals surface area contributed by atoms with Gasteiger partial charge >= 0.3 is 0 Å². The van der Waals surface area contributed by atoms with Crippen molar-refractivity contribution in [3.8, 4) is 5.75 Å². The Hall–Kier alpha value is -2.37. The fraction of sp³-hybridized carbons (Fsp3) is 0.250. The second-order valence-electron chi connectivity index (χ2n) is 3.98. The molecule has 2 N–H and O–H groups in total. The zero-order valence-corrected chi connectivity index (χ0v) is 10.2. The summed E-state index contributed by atoms with van der Waals surface area (Å²) in [6.45, 7) is 1.84. The summed E-state index contributed by atoms with van der Waals surface area (Å²) in [4.78, 5) is 17.4. The van der Waals surface area contributed by atoms with Crippen molar-refractivity contribution in [1.29, 1.82) is 0 Å². The van der Waals surface area contributed by atoms with Crippen molar-refractivity contribution in [3.63, 3.8) is 0 Å². The molecule has 0 fully saturated rings. The van der Waals surface area contributed by atoms with E-state index in [1.54, 1.807) is 25.2 Å². The van der Waals surface area contributed by atoms with E-state index < -0.39 is 0 Å². The maximum absolute atomic E-state index is 12.0. The third-order valence-corrected chi connectivity index (χ3v) is 2.91. The molecule has 1 aromatic heterocycles. The van der Waals surface area contributed by atoms with Gasteiger partial charge in [-0.15, -0.1) is 0 Å². The Morgan fingerprint density at radius 3 is 2.78 bits per heavy atom. The van der Waals surface area contributed by atoms with Crippen LogP contribution in [0.5, 0.6) is 5.75 Å². The predicted octanol–water partition coefficient (Wildman–Crippen LogP) is 1.34. The number of amides is 1. The molecule has 0 aliphatic rings. The number of nitrogens with one attached hydrogen (secondary N) is 1. The van der Waals surface area contributed by atoms with Crippen LogP contribution in [0.2, 0.25) is 0 Å². The van der Waals surface area contributed by atoms with Gasteiger partial charge in [0.15, 0.2) is 0 Å². The zero-order chi connectivity index (χ0) is 13.1. The molecule has 1 unspecified atom stereocenters. The molecule has 0 aliphatic heterocycles. The van der Waals surface area contributed by atoms with E-state index in [0.29, 0.717) is 5.56 Å². The van der Waals surface area contributed by atoms with Crippen LogP contribution in [-0.2, 0) is 0 Å². The summed E-state index contributed by atoms with van der Waals surface area (Å²) in [5, 5.41) is 15.9. The van der Waals surface area contributed by atoms with Crippen molar-refractivity contribution in [1.82, 2.24) is 20.1 Å². The molecule has 18 heavy (non-hydrogen) atoms. The number of phenols is 1. The molecule has 0 bridgehead atoms. The first kappa shape index (κ1) is 12.1. The monoisotopic (exact) mass is 246 g/mol. The molecule has 2 aromatic rings. The Bertz CT molecular complexity index is 539. The summed E-state index contributed by atoms with van der Waals surface area (Å²) in [6.07, 6.45) is 1.28. The molecule has 0 spiro atoms. The van der Waals surface area contributed by atoms with E-state index in [1.807, 2.05) is 13.0 Å².